The fraction of sp³-hybridized carbons (Fsp3) is 0.333. The van der Waals surface area contributed by atoms with Crippen LogP contribution >= 0.6 is 0 Å². The molecule has 0 amide bonds. The number of benzene rings is 1. The maximum absolute atomic E-state index is 11.8. The summed E-state index contributed by atoms with van der Waals surface area (Å²) in [5.74, 6) is 0. The Balaban J connectivity index is 2.66. The fourth-order valence-electron chi connectivity index (χ4n) is 1.01. The van der Waals surface area contributed by atoms with Crippen molar-refractivity contribution in [3.63, 3.8) is 0 Å². The lowest BCUT2D eigenvalue weighted by atomic mass is 10.2. The first-order valence-corrected chi connectivity index (χ1v) is 6.07. The van der Waals surface area contributed by atoms with Crippen LogP contribution in [-0.4, -0.2) is 21.1 Å². The third-order valence-corrected chi connectivity index (χ3v) is 3.13. The maximum atomic E-state index is 11.8. The van der Waals surface area contributed by atoms with Gasteiger partial charge in [0.25, 0.3) is 10.0 Å². The number of rotatable bonds is 4. The molecule has 8 heteroatoms. The maximum Gasteiger partial charge on any atom is 0.402 e. The molecule has 0 spiro atoms. The number of hydrogen-bond donors (Lipinski definition) is 2. The molecule has 1 rings (SSSR count). The van der Waals surface area contributed by atoms with Crippen molar-refractivity contribution in [1.29, 1.82) is 0 Å². The van der Waals surface area contributed by atoms with Crippen LogP contribution in [0.5, 0.6) is 0 Å². The van der Waals surface area contributed by atoms with Crippen molar-refractivity contribution in [3.8, 4) is 0 Å². The monoisotopic (exact) mass is 268 g/mol. The zero-order valence-corrected chi connectivity index (χ0v) is 9.69. The molecule has 0 fully saturated rings. The first-order valence-electron chi connectivity index (χ1n) is 4.59. The summed E-state index contributed by atoms with van der Waals surface area (Å²) >= 11 is 0. The normalized spacial score (nSPS) is 12.7. The van der Waals surface area contributed by atoms with Gasteiger partial charge in [-0.3, -0.25) is 0 Å². The quantitative estimate of drug-likeness (QED) is 0.810. The second-order valence-electron chi connectivity index (χ2n) is 3.39. The van der Waals surface area contributed by atoms with Crippen molar-refractivity contribution in [2.45, 2.75) is 18.0 Å². The second-order valence-corrected chi connectivity index (χ2v) is 5.07. The first kappa shape index (κ1) is 13.9. The van der Waals surface area contributed by atoms with Crippen LogP contribution in [0.1, 0.15) is 5.56 Å². The number of alkyl halides is 3. The summed E-state index contributed by atoms with van der Waals surface area (Å²) in [7, 11) is -3.96. The summed E-state index contributed by atoms with van der Waals surface area (Å²) in [5, 5.41) is 0. The van der Waals surface area contributed by atoms with E-state index in [0.717, 1.165) is 5.56 Å². The summed E-state index contributed by atoms with van der Waals surface area (Å²) in [6, 6.07) is 5.73. The molecule has 2 N–H and O–H groups in total. The molecule has 1 aromatic rings. The van der Waals surface area contributed by atoms with E-state index < -0.39 is 22.7 Å². The van der Waals surface area contributed by atoms with E-state index in [1.807, 2.05) is 0 Å². The van der Waals surface area contributed by atoms with E-state index in [1.54, 1.807) is 29.3 Å². The molecular weight excluding hydrogens is 257 g/mol. The van der Waals surface area contributed by atoms with E-state index in [9.17, 15) is 21.6 Å². The highest BCUT2D eigenvalue weighted by Gasteiger charge is 2.27. The van der Waals surface area contributed by atoms with Crippen LogP contribution in [-0.2, 0) is 10.0 Å². The molecule has 0 aromatic heterocycles. The Morgan fingerprint density at radius 3 is 2.18 bits per heavy atom. The molecule has 0 radical (unpaired) electrons. The molecule has 0 heterocycles. The Morgan fingerprint density at radius 1 is 1.18 bits per heavy atom. The van der Waals surface area contributed by atoms with Gasteiger partial charge in [0.15, 0.2) is 0 Å². The number of sulfonamides is 1. The number of hydrogen-bond acceptors (Lipinski definition) is 3. The highest BCUT2D eigenvalue weighted by Crippen LogP contribution is 2.12. The minimum absolute atomic E-state index is 0.0993. The van der Waals surface area contributed by atoms with E-state index in [4.69, 9.17) is 0 Å². The van der Waals surface area contributed by atoms with E-state index >= 15 is 0 Å². The van der Waals surface area contributed by atoms with Gasteiger partial charge in [-0.2, -0.15) is 13.2 Å². The first-order chi connectivity index (χ1) is 7.71. The predicted molar refractivity (Wildman–Crippen MR) is 55.6 cm³/mol. The van der Waals surface area contributed by atoms with Gasteiger partial charge in [0.05, 0.1) is 4.90 Å². The van der Waals surface area contributed by atoms with Gasteiger partial charge in [0.2, 0.25) is 0 Å². The second kappa shape index (κ2) is 5.03. The molecule has 1 aromatic carbocycles. The molecule has 0 aliphatic carbocycles. The Hall–Kier alpha value is -1.12. The third kappa shape index (κ3) is 4.72. The standard InChI is InChI=1S/C9H11F3N2O2S/c1-7-2-4-8(5-3-7)17(15,16)14-13-6-9(10,11)12/h2-5,13-14H,6H2,1H3. The van der Waals surface area contributed by atoms with Crippen LogP contribution in [0.2, 0.25) is 0 Å². The number of hydrazine groups is 1. The molecular formula is C9H11F3N2O2S. The Morgan fingerprint density at radius 2 is 1.71 bits per heavy atom. The minimum Gasteiger partial charge on any atom is -0.235 e. The topological polar surface area (TPSA) is 58.2 Å². The van der Waals surface area contributed by atoms with Crippen LogP contribution in [0.25, 0.3) is 0 Å². The average Bonchev–Trinajstić information content (AvgIpc) is 2.15. The van der Waals surface area contributed by atoms with Crippen molar-refractivity contribution in [2.24, 2.45) is 0 Å². The third-order valence-electron chi connectivity index (χ3n) is 1.83. The van der Waals surface area contributed by atoms with Crippen molar-refractivity contribution < 1.29 is 21.6 Å². The lowest BCUT2D eigenvalue weighted by Gasteiger charge is -2.10. The largest absolute Gasteiger partial charge is 0.402 e. The molecule has 96 valence electrons. The Bertz CT molecular complexity index is 468. The molecule has 0 atom stereocenters. The molecule has 4 nitrogen and oxygen atoms in total. The fourth-order valence-corrected chi connectivity index (χ4v) is 1.88. The predicted octanol–water partition coefficient (Wildman–Crippen LogP) is 1.34. The van der Waals surface area contributed by atoms with E-state index in [-0.39, 0.29) is 4.90 Å². The molecule has 0 saturated heterocycles. The Kier molecular flexibility index (Phi) is 4.12. The van der Waals surface area contributed by atoms with Gasteiger partial charge >= 0.3 is 6.18 Å². The van der Waals surface area contributed by atoms with Gasteiger partial charge in [0.1, 0.15) is 6.54 Å². The van der Waals surface area contributed by atoms with Crippen LogP contribution in [0.3, 0.4) is 0 Å². The number of halogens is 3. The van der Waals surface area contributed by atoms with Crippen molar-refractivity contribution in [2.75, 3.05) is 6.54 Å². The van der Waals surface area contributed by atoms with Crippen LogP contribution in [0, 0.1) is 6.92 Å². The van der Waals surface area contributed by atoms with Gasteiger partial charge in [-0.05, 0) is 19.1 Å². The zero-order valence-electron chi connectivity index (χ0n) is 8.88. The SMILES string of the molecule is Cc1ccc(S(=O)(=O)NNCC(F)(F)F)cc1. The lowest BCUT2D eigenvalue weighted by molar-refractivity contribution is -0.125. The highest BCUT2D eigenvalue weighted by atomic mass is 32.2. The molecule has 0 aliphatic heterocycles. The van der Waals surface area contributed by atoms with E-state index in [2.05, 4.69) is 0 Å². The van der Waals surface area contributed by atoms with E-state index in [0.29, 0.717) is 0 Å². The summed E-state index contributed by atoms with van der Waals surface area (Å²) in [6.45, 7) is 0.337. The van der Waals surface area contributed by atoms with Crippen LogP contribution in [0.15, 0.2) is 29.2 Å². The molecule has 0 bridgehead atoms. The average molecular weight is 268 g/mol. The van der Waals surface area contributed by atoms with Gasteiger partial charge in [0, 0.05) is 0 Å². The van der Waals surface area contributed by atoms with Gasteiger partial charge in [-0.25, -0.2) is 13.8 Å². The number of aryl methyl sites for hydroxylation is 1. The molecule has 0 aliphatic rings. The summed E-state index contributed by atoms with van der Waals surface area (Å²) in [6.07, 6.45) is -4.48. The summed E-state index contributed by atoms with van der Waals surface area (Å²) < 4.78 is 58.3. The molecule has 0 saturated carbocycles. The van der Waals surface area contributed by atoms with Crippen molar-refractivity contribution in [1.82, 2.24) is 10.3 Å². The smallest absolute Gasteiger partial charge is 0.235 e. The van der Waals surface area contributed by atoms with Crippen LogP contribution < -0.4 is 10.3 Å². The van der Waals surface area contributed by atoms with Gasteiger partial charge < -0.3 is 0 Å². The molecule has 17 heavy (non-hydrogen) atoms. The molecule has 0 unspecified atom stereocenters. The van der Waals surface area contributed by atoms with Crippen molar-refractivity contribution in [3.05, 3.63) is 29.8 Å². The number of nitrogens with one attached hydrogen (secondary N) is 2. The minimum atomic E-state index is -4.48. The van der Waals surface area contributed by atoms with Crippen LogP contribution in [0.4, 0.5) is 13.2 Å². The highest BCUT2D eigenvalue weighted by molar-refractivity contribution is 7.89. The Labute approximate surface area is 96.9 Å². The van der Waals surface area contributed by atoms with Gasteiger partial charge in [-0.1, -0.05) is 17.7 Å². The van der Waals surface area contributed by atoms with Gasteiger partial charge in [-0.15, -0.1) is 4.83 Å². The van der Waals surface area contributed by atoms with Crippen molar-refractivity contribution >= 4 is 10.0 Å². The summed E-state index contributed by atoms with van der Waals surface area (Å²) in [4.78, 5) is 1.55. The lowest BCUT2D eigenvalue weighted by Crippen LogP contribution is -2.42. The summed E-state index contributed by atoms with van der Waals surface area (Å²) in [5.41, 5.74) is 2.47. The van der Waals surface area contributed by atoms with E-state index in [1.165, 1.54) is 12.1 Å². The zero-order chi connectivity index (χ0) is 13.1.